The molecule has 61 heavy (non-hydrogen) atoms. The van der Waals surface area contributed by atoms with Crippen LogP contribution in [0.4, 0.5) is 0 Å². The van der Waals surface area contributed by atoms with Crippen molar-refractivity contribution in [3.05, 3.63) is 24.3 Å². The van der Waals surface area contributed by atoms with E-state index in [1.165, 1.54) is 141 Å². The number of amides is 1. The Morgan fingerprint density at radius 3 is 1.57 bits per heavy atom. The molecule has 0 aromatic carbocycles. The standard InChI is InChI=1S/C47H89NO12S/c1-3-5-7-9-11-13-15-16-17-18-19-20-21-22-23-24-26-28-30-32-34-36-41(51)46(54)48-39(40(50)35-33-31-29-27-25-14-12-10-8-6-4-2)38-58-47-44(53)45(60-61(55,56)57)43(52)42(37-49)59-47/h25,27,33,35,39-45,47,49-53H,3-24,26,28-32,34,36-38H2,1-2H3,(H,48,54)(H,55,56,57)/b27-25+,35-33+. The van der Waals surface area contributed by atoms with Gasteiger partial charge in [-0.05, 0) is 32.1 Å². The molecule has 1 aliphatic heterocycles. The highest BCUT2D eigenvalue weighted by molar-refractivity contribution is 7.80. The third-order valence-corrected chi connectivity index (χ3v) is 12.1. The molecule has 0 aromatic heterocycles. The minimum atomic E-state index is -5.12. The van der Waals surface area contributed by atoms with Crippen molar-refractivity contribution in [2.24, 2.45) is 0 Å². The Kier molecular flexibility index (Phi) is 35.7. The van der Waals surface area contributed by atoms with Crippen LogP contribution >= 0.6 is 0 Å². The van der Waals surface area contributed by atoms with E-state index in [0.717, 1.165) is 38.5 Å². The van der Waals surface area contributed by atoms with Gasteiger partial charge in [-0.3, -0.25) is 9.35 Å². The molecule has 13 nitrogen and oxygen atoms in total. The van der Waals surface area contributed by atoms with E-state index in [1.54, 1.807) is 6.08 Å². The summed E-state index contributed by atoms with van der Waals surface area (Å²) < 4.78 is 47.4. The van der Waals surface area contributed by atoms with E-state index in [-0.39, 0.29) is 6.42 Å². The van der Waals surface area contributed by atoms with Crippen molar-refractivity contribution in [1.29, 1.82) is 0 Å². The van der Waals surface area contributed by atoms with Gasteiger partial charge in [-0.25, -0.2) is 4.18 Å². The maximum Gasteiger partial charge on any atom is 0.397 e. The zero-order valence-electron chi connectivity index (χ0n) is 38.1. The van der Waals surface area contributed by atoms with E-state index in [4.69, 9.17) is 9.47 Å². The molecule has 0 spiro atoms. The van der Waals surface area contributed by atoms with Crippen molar-refractivity contribution in [3.8, 4) is 0 Å². The first kappa shape index (κ1) is 57.6. The van der Waals surface area contributed by atoms with Gasteiger partial charge in [-0.1, -0.05) is 199 Å². The van der Waals surface area contributed by atoms with Crippen LogP contribution in [0.1, 0.15) is 206 Å². The lowest BCUT2D eigenvalue weighted by atomic mass is 9.99. The highest BCUT2D eigenvalue weighted by atomic mass is 32.3. The van der Waals surface area contributed by atoms with Gasteiger partial charge < -0.3 is 40.3 Å². The second-order valence-electron chi connectivity index (χ2n) is 17.2. The number of hydrogen-bond donors (Lipinski definition) is 7. The number of unbranched alkanes of at least 4 members (excludes halogenated alkanes) is 26. The number of aliphatic hydroxyl groups is 5. The molecule has 0 saturated carbocycles. The van der Waals surface area contributed by atoms with Crippen molar-refractivity contribution in [2.45, 2.75) is 255 Å². The lowest BCUT2D eigenvalue weighted by Gasteiger charge is -2.41. The van der Waals surface area contributed by atoms with Gasteiger partial charge in [-0.15, -0.1) is 0 Å². The molecular formula is C47H89NO12S. The Morgan fingerprint density at radius 1 is 0.656 bits per heavy atom. The molecule has 8 atom stereocenters. The number of allylic oxidation sites excluding steroid dienone is 3. The van der Waals surface area contributed by atoms with Crippen LogP contribution in [0.3, 0.4) is 0 Å². The van der Waals surface area contributed by atoms with E-state index in [1.807, 2.05) is 0 Å². The van der Waals surface area contributed by atoms with Gasteiger partial charge in [0.2, 0.25) is 5.91 Å². The zero-order chi connectivity index (χ0) is 45.0. The summed E-state index contributed by atoms with van der Waals surface area (Å²) in [4.78, 5) is 13.1. The fraction of sp³-hybridized carbons (Fsp3) is 0.894. The normalized spacial score (nSPS) is 21.3. The number of carbonyl (C=O) groups excluding carboxylic acids is 1. The summed E-state index contributed by atoms with van der Waals surface area (Å²) in [5.74, 6) is -0.711. The zero-order valence-corrected chi connectivity index (χ0v) is 38.9. The van der Waals surface area contributed by atoms with Crippen LogP contribution in [0.25, 0.3) is 0 Å². The van der Waals surface area contributed by atoms with Crippen molar-refractivity contribution in [2.75, 3.05) is 13.2 Å². The molecule has 7 N–H and O–H groups in total. The van der Waals surface area contributed by atoms with Gasteiger partial charge >= 0.3 is 10.4 Å². The molecule has 1 rings (SSSR count). The largest absolute Gasteiger partial charge is 0.397 e. The van der Waals surface area contributed by atoms with Crippen LogP contribution < -0.4 is 5.32 Å². The quantitative estimate of drug-likeness (QED) is 0.0175. The van der Waals surface area contributed by atoms with E-state index < -0.39 is 78.5 Å². The molecule has 1 fully saturated rings. The van der Waals surface area contributed by atoms with E-state index in [2.05, 4.69) is 35.5 Å². The second-order valence-corrected chi connectivity index (χ2v) is 18.2. The number of aliphatic hydroxyl groups excluding tert-OH is 5. The summed E-state index contributed by atoms with van der Waals surface area (Å²) in [7, 11) is -5.12. The fourth-order valence-electron chi connectivity index (χ4n) is 7.71. The predicted octanol–water partition coefficient (Wildman–Crippen LogP) is 8.69. The molecule has 0 bridgehead atoms. The smallest absolute Gasteiger partial charge is 0.394 e. The first-order valence-corrected chi connectivity index (χ1v) is 25.7. The third-order valence-electron chi connectivity index (χ3n) is 11.6. The molecule has 14 heteroatoms. The first-order valence-electron chi connectivity index (χ1n) is 24.3. The SMILES string of the molecule is CCCCCCC/C=C/CC/C=C/C(O)C(COC1OC(CO)C(O)C(OS(=O)(=O)O)C1O)NC(=O)C(O)CCCCCCCCCCCCCCCCCCCCCCC. The predicted molar refractivity (Wildman–Crippen MR) is 242 cm³/mol. The van der Waals surface area contributed by atoms with Gasteiger partial charge in [0.05, 0.1) is 25.4 Å². The number of ether oxygens (including phenoxy) is 2. The number of carbonyl (C=O) groups is 1. The molecule has 1 amide bonds. The molecule has 1 heterocycles. The number of nitrogens with one attached hydrogen (secondary N) is 1. The molecule has 1 aliphatic rings. The van der Waals surface area contributed by atoms with E-state index in [0.29, 0.717) is 12.8 Å². The molecule has 0 radical (unpaired) electrons. The second kappa shape index (κ2) is 37.9. The van der Waals surface area contributed by atoms with Crippen LogP contribution in [0.5, 0.6) is 0 Å². The first-order chi connectivity index (χ1) is 29.4. The Balaban J connectivity index is 2.48. The Hall–Kier alpha value is -1.46. The van der Waals surface area contributed by atoms with Crippen molar-refractivity contribution in [1.82, 2.24) is 5.32 Å². The fourth-order valence-corrected chi connectivity index (χ4v) is 8.22. The molecular weight excluding hydrogens is 803 g/mol. The number of rotatable bonds is 41. The average molecular weight is 892 g/mol. The van der Waals surface area contributed by atoms with Crippen LogP contribution in [0.2, 0.25) is 0 Å². The Bertz CT molecular complexity index is 1200. The topological polar surface area (TPSA) is 212 Å². The van der Waals surface area contributed by atoms with Gasteiger partial charge in [0, 0.05) is 0 Å². The Labute approximate surface area is 370 Å². The summed E-state index contributed by atoms with van der Waals surface area (Å²) in [5.41, 5.74) is 0. The van der Waals surface area contributed by atoms with Crippen molar-refractivity contribution < 1.29 is 57.0 Å². The van der Waals surface area contributed by atoms with Crippen LogP contribution in [0.15, 0.2) is 24.3 Å². The summed E-state index contributed by atoms with van der Waals surface area (Å²) in [6, 6.07) is -1.13. The van der Waals surface area contributed by atoms with Gasteiger partial charge in [0.15, 0.2) is 6.29 Å². The molecule has 0 aromatic rings. The highest BCUT2D eigenvalue weighted by Gasteiger charge is 2.48. The number of hydrogen-bond acceptors (Lipinski definition) is 11. The van der Waals surface area contributed by atoms with Crippen molar-refractivity contribution >= 4 is 16.3 Å². The van der Waals surface area contributed by atoms with E-state index in [9.17, 15) is 43.3 Å². The summed E-state index contributed by atoms with van der Waals surface area (Å²) in [5, 5.41) is 55.1. The summed E-state index contributed by atoms with van der Waals surface area (Å²) >= 11 is 0. The molecule has 1 saturated heterocycles. The molecule has 0 aliphatic carbocycles. The summed E-state index contributed by atoms with van der Waals surface area (Å²) in [6.07, 6.45) is 31.4. The minimum Gasteiger partial charge on any atom is -0.394 e. The average Bonchev–Trinajstić information content (AvgIpc) is 3.23. The van der Waals surface area contributed by atoms with Crippen molar-refractivity contribution in [3.63, 3.8) is 0 Å². The highest BCUT2D eigenvalue weighted by Crippen LogP contribution is 2.26. The minimum absolute atomic E-state index is 0.241. The molecule has 360 valence electrons. The van der Waals surface area contributed by atoms with Gasteiger partial charge in [0.1, 0.15) is 30.5 Å². The molecule has 8 unspecified atom stereocenters. The van der Waals surface area contributed by atoms with Crippen LogP contribution in [0, 0.1) is 0 Å². The lowest BCUT2D eigenvalue weighted by molar-refractivity contribution is -0.298. The Morgan fingerprint density at radius 2 is 1.10 bits per heavy atom. The third kappa shape index (κ3) is 30.3. The van der Waals surface area contributed by atoms with E-state index >= 15 is 0 Å². The van der Waals surface area contributed by atoms with Crippen LogP contribution in [-0.4, -0.2) is 107 Å². The lowest BCUT2D eigenvalue weighted by Crippen LogP contribution is -2.61. The summed E-state index contributed by atoms with van der Waals surface area (Å²) in [6.45, 7) is 3.18. The van der Waals surface area contributed by atoms with Gasteiger partial charge in [0.25, 0.3) is 0 Å². The van der Waals surface area contributed by atoms with Crippen LogP contribution in [-0.2, 0) is 28.9 Å². The maximum atomic E-state index is 13.1. The maximum absolute atomic E-state index is 13.1. The monoisotopic (exact) mass is 892 g/mol. The van der Waals surface area contributed by atoms with Gasteiger partial charge in [-0.2, -0.15) is 8.42 Å².